The molecule has 3 N–H and O–H groups in total. The van der Waals surface area contributed by atoms with Crippen LogP contribution in [-0.2, 0) is 16.8 Å². The number of carbonyl (C=O) groups excluding carboxylic acids is 1. The molecule has 0 spiro atoms. The Hall–Kier alpha value is -2.40. The molecular weight excluding hydrogens is 290 g/mol. The van der Waals surface area contributed by atoms with E-state index in [1.54, 1.807) is 13.3 Å². The fourth-order valence-corrected chi connectivity index (χ4v) is 3.08. The summed E-state index contributed by atoms with van der Waals surface area (Å²) in [5.74, 6) is 0.574. The predicted molar refractivity (Wildman–Crippen MR) is 89.5 cm³/mol. The van der Waals surface area contributed by atoms with Crippen LogP contribution in [-0.4, -0.2) is 18.0 Å². The van der Waals surface area contributed by atoms with Gasteiger partial charge < -0.3 is 15.8 Å². The normalized spacial score (nSPS) is 19.3. The molecule has 120 valence electrons. The fraction of sp³-hybridized carbons (Fsp3) is 0.333. The van der Waals surface area contributed by atoms with Gasteiger partial charge in [-0.3, -0.25) is 9.78 Å². The quantitative estimate of drug-likeness (QED) is 0.913. The number of benzene rings is 1. The lowest BCUT2D eigenvalue weighted by atomic mass is 9.91. The third-order valence-corrected chi connectivity index (χ3v) is 4.61. The molecule has 1 aliphatic rings. The van der Waals surface area contributed by atoms with Crippen molar-refractivity contribution in [1.82, 2.24) is 4.98 Å². The van der Waals surface area contributed by atoms with Crippen LogP contribution in [0.25, 0.3) is 0 Å². The molecule has 5 heteroatoms. The number of amides is 1. The highest BCUT2D eigenvalue weighted by Gasteiger charge is 2.43. The van der Waals surface area contributed by atoms with Crippen molar-refractivity contribution in [3.05, 3.63) is 52.8 Å². The second-order valence-corrected chi connectivity index (χ2v) is 6.04. The maximum Gasteiger partial charge on any atom is 0.249 e. The molecule has 1 aromatic heterocycles. The number of carbonyl (C=O) groups is 1. The molecule has 23 heavy (non-hydrogen) atoms. The molecule has 1 heterocycles. The molecule has 1 aliphatic carbocycles. The molecule has 1 aromatic carbocycles. The number of ether oxygens (including phenoxy) is 1. The number of pyridine rings is 1. The highest BCUT2D eigenvalue weighted by Crippen LogP contribution is 2.40. The number of nitrogens with two attached hydrogens (primary N) is 1. The summed E-state index contributed by atoms with van der Waals surface area (Å²) in [4.78, 5) is 17.1. The summed E-state index contributed by atoms with van der Waals surface area (Å²) in [5.41, 5.74) is 9.93. The van der Waals surface area contributed by atoms with Gasteiger partial charge in [0.25, 0.3) is 0 Å². The Morgan fingerprint density at radius 1 is 1.39 bits per heavy atom. The number of anilines is 1. The topological polar surface area (TPSA) is 77.2 Å². The molecule has 1 atom stereocenters. The Morgan fingerprint density at radius 3 is 2.87 bits per heavy atom. The average molecular weight is 311 g/mol. The van der Waals surface area contributed by atoms with E-state index >= 15 is 0 Å². The van der Waals surface area contributed by atoms with E-state index in [2.05, 4.69) is 10.3 Å². The molecule has 5 nitrogen and oxygen atoms in total. The highest BCUT2D eigenvalue weighted by molar-refractivity contribution is 5.99. The molecule has 0 aliphatic heterocycles. The minimum Gasteiger partial charge on any atom is -0.496 e. The van der Waals surface area contributed by atoms with Gasteiger partial charge in [0.2, 0.25) is 5.91 Å². The maximum absolute atomic E-state index is 12.8. The van der Waals surface area contributed by atoms with Crippen LogP contribution in [0.1, 0.15) is 28.8 Å². The van der Waals surface area contributed by atoms with Crippen LogP contribution in [0, 0.1) is 13.8 Å². The van der Waals surface area contributed by atoms with Crippen LogP contribution in [0.2, 0.25) is 0 Å². The Bertz CT molecular complexity index is 773. The number of aryl methyl sites for hydroxylation is 2. The summed E-state index contributed by atoms with van der Waals surface area (Å²) >= 11 is 0. The number of aromatic nitrogens is 1. The van der Waals surface area contributed by atoms with E-state index in [0.29, 0.717) is 12.1 Å². The minimum absolute atomic E-state index is 0.213. The molecule has 0 fully saturated rings. The van der Waals surface area contributed by atoms with Gasteiger partial charge in [-0.25, -0.2) is 0 Å². The van der Waals surface area contributed by atoms with Gasteiger partial charge in [-0.15, -0.1) is 0 Å². The van der Waals surface area contributed by atoms with E-state index in [1.807, 2.05) is 38.1 Å². The lowest BCUT2D eigenvalue weighted by Gasteiger charge is -2.24. The van der Waals surface area contributed by atoms with Gasteiger partial charge in [-0.1, -0.05) is 12.1 Å². The first kappa shape index (κ1) is 15.5. The fourth-order valence-electron chi connectivity index (χ4n) is 3.08. The van der Waals surface area contributed by atoms with Gasteiger partial charge in [0, 0.05) is 5.69 Å². The molecule has 0 saturated heterocycles. The Balaban J connectivity index is 1.90. The lowest BCUT2D eigenvalue weighted by molar-refractivity contribution is -0.121. The minimum atomic E-state index is -1.04. The third kappa shape index (κ3) is 2.57. The molecular formula is C18H21N3O2. The first-order valence-electron chi connectivity index (χ1n) is 7.65. The molecule has 1 unspecified atom stereocenters. The van der Waals surface area contributed by atoms with E-state index in [-0.39, 0.29) is 5.91 Å². The SMILES string of the molecule is COc1cccc2c1CCC2(N)C(=O)Nc1cnc(C)c(C)c1. The number of nitrogens with one attached hydrogen (secondary N) is 1. The van der Waals surface area contributed by atoms with Crippen molar-refractivity contribution in [2.24, 2.45) is 5.73 Å². The summed E-state index contributed by atoms with van der Waals surface area (Å²) in [6.45, 7) is 3.90. The summed E-state index contributed by atoms with van der Waals surface area (Å²) in [6.07, 6.45) is 2.95. The monoisotopic (exact) mass is 311 g/mol. The summed E-state index contributed by atoms with van der Waals surface area (Å²) in [6, 6.07) is 7.58. The predicted octanol–water partition coefficient (Wildman–Crippen LogP) is 2.45. The van der Waals surface area contributed by atoms with Crippen molar-refractivity contribution in [2.45, 2.75) is 32.2 Å². The first-order chi connectivity index (χ1) is 11.0. The largest absolute Gasteiger partial charge is 0.496 e. The van der Waals surface area contributed by atoms with Crippen molar-refractivity contribution in [1.29, 1.82) is 0 Å². The summed E-state index contributed by atoms with van der Waals surface area (Å²) in [7, 11) is 1.63. The van der Waals surface area contributed by atoms with Crippen LogP contribution < -0.4 is 15.8 Å². The van der Waals surface area contributed by atoms with E-state index in [1.165, 1.54) is 0 Å². The number of nitrogens with zero attached hydrogens (tertiary/aromatic N) is 1. The molecule has 3 rings (SSSR count). The van der Waals surface area contributed by atoms with Crippen LogP contribution in [0.3, 0.4) is 0 Å². The van der Waals surface area contributed by atoms with E-state index in [4.69, 9.17) is 10.5 Å². The van der Waals surface area contributed by atoms with Crippen molar-refractivity contribution >= 4 is 11.6 Å². The summed E-state index contributed by atoms with van der Waals surface area (Å²) < 4.78 is 5.38. The lowest BCUT2D eigenvalue weighted by Crippen LogP contribution is -2.46. The first-order valence-corrected chi connectivity index (χ1v) is 7.65. The molecule has 0 saturated carbocycles. The number of rotatable bonds is 3. The zero-order valence-corrected chi connectivity index (χ0v) is 13.6. The highest BCUT2D eigenvalue weighted by atomic mass is 16.5. The summed E-state index contributed by atoms with van der Waals surface area (Å²) in [5, 5.41) is 2.90. The Kier molecular flexibility index (Phi) is 3.82. The molecule has 1 amide bonds. The number of methoxy groups -OCH3 is 1. The Labute approximate surface area is 135 Å². The van der Waals surface area contributed by atoms with Crippen molar-refractivity contribution in [2.75, 3.05) is 12.4 Å². The third-order valence-electron chi connectivity index (χ3n) is 4.61. The maximum atomic E-state index is 12.8. The second kappa shape index (κ2) is 5.66. The standard InChI is InChI=1S/C18H21N3O2/c1-11-9-13(10-20-12(11)2)21-17(22)18(19)8-7-14-15(18)5-4-6-16(14)23-3/h4-6,9-10H,7-8,19H2,1-3H3,(H,21,22). The van der Waals surface area contributed by atoms with E-state index < -0.39 is 5.54 Å². The van der Waals surface area contributed by atoms with Crippen molar-refractivity contribution < 1.29 is 9.53 Å². The van der Waals surface area contributed by atoms with Gasteiger partial charge in [0.1, 0.15) is 11.3 Å². The number of hydrogen-bond donors (Lipinski definition) is 2. The number of hydrogen-bond acceptors (Lipinski definition) is 4. The van der Waals surface area contributed by atoms with Gasteiger partial charge in [0.15, 0.2) is 0 Å². The zero-order chi connectivity index (χ0) is 16.6. The van der Waals surface area contributed by atoms with E-state index in [9.17, 15) is 4.79 Å². The Morgan fingerprint density at radius 2 is 2.17 bits per heavy atom. The van der Waals surface area contributed by atoms with Crippen molar-refractivity contribution in [3.63, 3.8) is 0 Å². The van der Waals surface area contributed by atoms with Gasteiger partial charge >= 0.3 is 0 Å². The zero-order valence-electron chi connectivity index (χ0n) is 13.6. The van der Waals surface area contributed by atoms with Crippen LogP contribution in [0.4, 0.5) is 5.69 Å². The smallest absolute Gasteiger partial charge is 0.249 e. The molecule has 0 radical (unpaired) electrons. The van der Waals surface area contributed by atoms with Gasteiger partial charge in [-0.05, 0) is 55.5 Å². The van der Waals surface area contributed by atoms with E-state index in [0.717, 1.165) is 34.6 Å². The van der Waals surface area contributed by atoms with Gasteiger partial charge in [-0.2, -0.15) is 0 Å². The molecule has 0 bridgehead atoms. The van der Waals surface area contributed by atoms with Crippen LogP contribution in [0.15, 0.2) is 30.5 Å². The van der Waals surface area contributed by atoms with Crippen LogP contribution in [0.5, 0.6) is 5.75 Å². The van der Waals surface area contributed by atoms with Crippen LogP contribution >= 0.6 is 0 Å². The number of fused-ring (bicyclic) bond motifs is 1. The van der Waals surface area contributed by atoms with Gasteiger partial charge in [0.05, 0.1) is 19.0 Å². The molecule has 2 aromatic rings. The van der Waals surface area contributed by atoms with Crippen molar-refractivity contribution in [3.8, 4) is 5.75 Å². The average Bonchev–Trinajstić information content (AvgIpc) is 2.90. The second-order valence-electron chi connectivity index (χ2n) is 6.04.